The molecule has 1 aromatic rings. The Bertz CT molecular complexity index is 294. The molecule has 1 rings (SSSR count). The quantitative estimate of drug-likeness (QED) is 0.793. The fraction of sp³-hybridized carbons (Fsp3) is 0.500. The van der Waals surface area contributed by atoms with E-state index in [1.807, 2.05) is 0 Å². The van der Waals surface area contributed by atoms with Gasteiger partial charge in [-0.1, -0.05) is 0 Å². The first-order chi connectivity index (χ1) is 6.45. The molecule has 0 radical (unpaired) electrons. The maximum Gasteiger partial charge on any atom is 0.397 e. The van der Waals surface area contributed by atoms with Gasteiger partial charge in [-0.3, -0.25) is 0 Å². The lowest BCUT2D eigenvalue weighted by atomic mass is 10.0. The Balaban J connectivity index is 2.96. The van der Waals surface area contributed by atoms with Gasteiger partial charge in [-0.05, 0) is 6.92 Å². The lowest BCUT2D eigenvalue weighted by molar-refractivity contribution is -0.148. The maximum absolute atomic E-state index is 12.4. The van der Waals surface area contributed by atoms with Gasteiger partial charge in [0, 0.05) is 24.5 Å². The minimum Gasteiger partial charge on any atom is -0.330 e. The SMILES string of the molecule is Cc1ncc(C(CN)C(F)(F)F)cn1. The van der Waals surface area contributed by atoms with Crippen molar-refractivity contribution in [3.63, 3.8) is 0 Å². The summed E-state index contributed by atoms with van der Waals surface area (Å²) in [6, 6.07) is 0. The first kappa shape index (κ1) is 10.9. The lowest BCUT2D eigenvalue weighted by Crippen LogP contribution is -2.28. The van der Waals surface area contributed by atoms with E-state index in [1.165, 1.54) is 0 Å². The first-order valence-corrected chi connectivity index (χ1v) is 4.00. The van der Waals surface area contributed by atoms with E-state index >= 15 is 0 Å². The van der Waals surface area contributed by atoms with E-state index in [0.29, 0.717) is 5.82 Å². The number of nitrogens with two attached hydrogens (primary N) is 1. The zero-order valence-corrected chi connectivity index (χ0v) is 7.54. The average molecular weight is 205 g/mol. The number of halogens is 3. The fourth-order valence-electron chi connectivity index (χ4n) is 1.04. The van der Waals surface area contributed by atoms with Crippen LogP contribution >= 0.6 is 0 Å². The van der Waals surface area contributed by atoms with Gasteiger partial charge in [-0.25, -0.2) is 9.97 Å². The lowest BCUT2D eigenvalue weighted by Gasteiger charge is -2.17. The van der Waals surface area contributed by atoms with E-state index in [2.05, 4.69) is 9.97 Å². The summed E-state index contributed by atoms with van der Waals surface area (Å²) in [7, 11) is 0. The Morgan fingerprint density at radius 2 is 1.86 bits per heavy atom. The molecule has 0 saturated carbocycles. The van der Waals surface area contributed by atoms with Crippen LogP contribution in [0.5, 0.6) is 0 Å². The minimum absolute atomic E-state index is 0.00519. The van der Waals surface area contributed by atoms with E-state index in [9.17, 15) is 13.2 Å². The summed E-state index contributed by atoms with van der Waals surface area (Å²) >= 11 is 0. The van der Waals surface area contributed by atoms with E-state index in [4.69, 9.17) is 5.73 Å². The Labute approximate surface area is 79.2 Å². The monoisotopic (exact) mass is 205 g/mol. The van der Waals surface area contributed by atoms with Gasteiger partial charge in [-0.15, -0.1) is 0 Å². The summed E-state index contributed by atoms with van der Waals surface area (Å²) in [5, 5.41) is 0. The zero-order valence-electron chi connectivity index (χ0n) is 7.54. The topological polar surface area (TPSA) is 51.8 Å². The van der Waals surface area contributed by atoms with Crippen molar-refractivity contribution in [2.24, 2.45) is 5.73 Å². The number of hydrogen-bond acceptors (Lipinski definition) is 3. The molecule has 0 aliphatic carbocycles. The first-order valence-electron chi connectivity index (χ1n) is 4.00. The molecule has 0 bridgehead atoms. The highest BCUT2D eigenvalue weighted by molar-refractivity contribution is 5.14. The number of aromatic nitrogens is 2. The van der Waals surface area contributed by atoms with Crippen molar-refractivity contribution >= 4 is 0 Å². The molecule has 0 aliphatic heterocycles. The normalized spacial score (nSPS) is 14.1. The molecule has 0 aliphatic rings. The molecular formula is C8H10F3N3. The van der Waals surface area contributed by atoms with E-state index in [0.717, 1.165) is 12.4 Å². The molecule has 1 aromatic heterocycles. The average Bonchev–Trinajstić information content (AvgIpc) is 2.07. The standard InChI is InChI=1S/C8H10F3N3/c1-5-13-3-6(4-14-5)7(2-12)8(9,10)11/h3-4,7H,2,12H2,1H3. The van der Waals surface area contributed by atoms with E-state index < -0.39 is 18.6 Å². The van der Waals surface area contributed by atoms with Gasteiger partial charge in [0.2, 0.25) is 0 Å². The number of alkyl halides is 3. The van der Waals surface area contributed by atoms with Crippen molar-refractivity contribution in [2.75, 3.05) is 6.54 Å². The molecule has 1 heterocycles. The second-order valence-electron chi connectivity index (χ2n) is 2.89. The molecule has 0 aromatic carbocycles. The van der Waals surface area contributed by atoms with Crippen LogP contribution in [0.1, 0.15) is 17.3 Å². The van der Waals surface area contributed by atoms with E-state index in [1.54, 1.807) is 6.92 Å². The summed E-state index contributed by atoms with van der Waals surface area (Å²) in [4.78, 5) is 7.39. The number of rotatable bonds is 2. The Kier molecular flexibility index (Phi) is 3.05. The van der Waals surface area contributed by atoms with Crippen LogP contribution in [0.25, 0.3) is 0 Å². The van der Waals surface area contributed by atoms with Crippen molar-refractivity contribution in [1.82, 2.24) is 9.97 Å². The third-order valence-corrected chi connectivity index (χ3v) is 1.83. The van der Waals surface area contributed by atoms with Crippen molar-refractivity contribution < 1.29 is 13.2 Å². The molecule has 14 heavy (non-hydrogen) atoms. The Morgan fingerprint density at radius 3 is 2.21 bits per heavy atom. The summed E-state index contributed by atoms with van der Waals surface area (Å²) in [5.74, 6) is -1.24. The van der Waals surface area contributed by atoms with Crippen LogP contribution in [-0.4, -0.2) is 22.7 Å². The van der Waals surface area contributed by atoms with Crippen molar-refractivity contribution in [3.05, 3.63) is 23.8 Å². The fourth-order valence-corrected chi connectivity index (χ4v) is 1.04. The van der Waals surface area contributed by atoms with Crippen LogP contribution in [0.15, 0.2) is 12.4 Å². The number of hydrogen-bond donors (Lipinski definition) is 1. The summed E-state index contributed by atoms with van der Waals surface area (Å²) in [6.07, 6.45) is -2.02. The number of aryl methyl sites for hydroxylation is 1. The number of nitrogens with zero attached hydrogens (tertiary/aromatic N) is 2. The molecule has 3 nitrogen and oxygen atoms in total. The van der Waals surface area contributed by atoms with Crippen molar-refractivity contribution in [2.45, 2.75) is 19.0 Å². The highest BCUT2D eigenvalue weighted by atomic mass is 19.4. The van der Waals surface area contributed by atoms with Crippen molar-refractivity contribution in [1.29, 1.82) is 0 Å². The molecule has 0 amide bonds. The molecule has 1 atom stereocenters. The molecule has 2 N–H and O–H groups in total. The second kappa shape index (κ2) is 3.91. The predicted octanol–water partition coefficient (Wildman–Crippen LogP) is 1.39. The molecule has 0 saturated heterocycles. The van der Waals surface area contributed by atoms with Gasteiger partial charge >= 0.3 is 6.18 Å². The molecular weight excluding hydrogens is 195 g/mol. The summed E-state index contributed by atoms with van der Waals surface area (Å²) in [5.41, 5.74) is 5.06. The van der Waals surface area contributed by atoms with Gasteiger partial charge in [0.25, 0.3) is 0 Å². The molecule has 6 heteroatoms. The Hall–Kier alpha value is -1.17. The van der Waals surface area contributed by atoms with Crippen LogP contribution in [0.2, 0.25) is 0 Å². The van der Waals surface area contributed by atoms with Crippen molar-refractivity contribution in [3.8, 4) is 0 Å². The third-order valence-electron chi connectivity index (χ3n) is 1.83. The van der Waals surface area contributed by atoms with Gasteiger partial charge in [0.15, 0.2) is 0 Å². The summed E-state index contributed by atoms with van der Waals surface area (Å²) in [6.45, 7) is 1.12. The van der Waals surface area contributed by atoms with Gasteiger partial charge in [0.05, 0.1) is 5.92 Å². The summed E-state index contributed by atoms with van der Waals surface area (Å²) < 4.78 is 37.1. The van der Waals surface area contributed by atoms with E-state index in [-0.39, 0.29) is 5.56 Å². The maximum atomic E-state index is 12.4. The largest absolute Gasteiger partial charge is 0.397 e. The highest BCUT2D eigenvalue weighted by Gasteiger charge is 2.39. The van der Waals surface area contributed by atoms with Gasteiger partial charge < -0.3 is 5.73 Å². The van der Waals surface area contributed by atoms with Crippen LogP contribution < -0.4 is 5.73 Å². The van der Waals surface area contributed by atoms with Crippen LogP contribution in [0, 0.1) is 6.92 Å². The van der Waals surface area contributed by atoms with Crippen LogP contribution in [-0.2, 0) is 0 Å². The molecule has 1 unspecified atom stereocenters. The molecule has 78 valence electrons. The van der Waals surface area contributed by atoms with Crippen LogP contribution in [0.4, 0.5) is 13.2 Å². The smallest absolute Gasteiger partial charge is 0.330 e. The van der Waals surface area contributed by atoms with Gasteiger partial charge in [0.1, 0.15) is 5.82 Å². The second-order valence-corrected chi connectivity index (χ2v) is 2.89. The Morgan fingerprint density at radius 1 is 1.36 bits per heavy atom. The third kappa shape index (κ3) is 2.41. The minimum atomic E-state index is -4.34. The predicted molar refractivity (Wildman–Crippen MR) is 44.6 cm³/mol. The van der Waals surface area contributed by atoms with Crippen LogP contribution in [0.3, 0.4) is 0 Å². The highest BCUT2D eigenvalue weighted by Crippen LogP contribution is 2.33. The zero-order chi connectivity index (χ0) is 10.8. The molecule has 0 fully saturated rings. The molecule has 0 spiro atoms. The van der Waals surface area contributed by atoms with Gasteiger partial charge in [-0.2, -0.15) is 13.2 Å².